The molecule has 0 amide bonds. The molecular formula is C13H16N4O. The van der Waals surface area contributed by atoms with Crippen molar-refractivity contribution in [1.29, 1.82) is 0 Å². The molecule has 94 valence electrons. The number of anilines is 2. The van der Waals surface area contributed by atoms with Crippen molar-refractivity contribution in [2.75, 3.05) is 10.6 Å². The van der Waals surface area contributed by atoms with Gasteiger partial charge in [-0.2, -0.15) is 0 Å². The van der Waals surface area contributed by atoms with Crippen LogP contribution < -0.4 is 10.6 Å². The fourth-order valence-corrected chi connectivity index (χ4v) is 2.08. The highest BCUT2D eigenvalue weighted by Gasteiger charge is 2.31. The van der Waals surface area contributed by atoms with E-state index in [1.165, 1.54) is 19.2 Å². The summed E-state index contributed by atoms with van der Waals surface area (Å²) >= 11 is 0. The minimum Gasteiger partial charge on any atom is -0.467 e. The zero-order valence-corrected chi connectivity index (χ0v) is 10.3. The van der Waals surface area contributed by atoms with Crippen molar-refractivity contribution >= 4 is 11.6 Å². The van der Waals surface area contributed by atoms with Crippen molar-refractivity contribution in [3.05, 3.63) is 36.0 Å². The van der Waals surface area contributed by atoms with E-state index in [1.54, 1.807) is 6.26 Å². The molecule has 0 spiro atoms. The molecule has 1 aliphatic rings. The van der Waals surface area contributed by atoms with E-state index in [1.807, 2.05) is 19.1 Å². The lowest BCUT2D eigenvalue weighted by Crippen LogP contribution is -2.27. The summed E-state index contributed by atoms with van der Waals surface area (Å²) in [6.07, 6.45) is 5.62. The summed E-state index contributed by atoms with van der Waals surface area (Å²) < 4.78 is 5.42. The predicted molar refractivity (Wildman–Crippen MR) is 69.1 cm³/mol. The summed E-state index contributed by atoms with van der Waals surface area (Å²) in [7, 11) is 0. The van der Waals surface area contributed by atoms with E-state index in [4.69, 9.17) is 10.2 Å². The summed E-state index contributed by atoms with van der Waals surface area (Å²) in [4.78, 5) is 10.6. The molecule has 5 nitrogen and oxygen atoms in total. The number of furan rings is 1. The number of hydrogen-bond acceptors (Lipinski definition) is 5. The Hall–Kier alpha value is -2.04. The molecule has 2 heterocycles. The Balaban J connectivity index is 1.91. The van der Waals surface area contributed by atoms with Gasteiger partial charge < -0.3 is 15.1 Å². The van der Waals surface area contributed by atoms with Crippen molar-refractivity contribution < 1.29 is 4.42 Å². The third-order valence-corrected chi connectivity index (χ3v) is 3.26. The average Bonchev–Trinajstić information content (AvgIpc) is 3.08. The topological polar surface area (TPSA) is 68.2 Å². The number of hydrogen-bond donors (Lipinski definition) is 1. The van der Waals surface area contributed by atoms with Crippen LogP contribution in [0.25, 0.3) is 0 Å². The van der Waals surface area contributed by atoms with Crippen LogP contribution in [-0.2, 0) is 6.54 Å². The highest BCUT2D eigenvalue weighted by atomic mass is 16.3. The van der Waals surface area contributed by atoms with Gasteiger partial charge in [-0.1, -0.05) is 0 Å². The van der Waals surface area contributed by atoms with Crippen LogP contribution in [0.4, 0.5) is 11.6 Å². The number of aromatic nitrogens is 2. The second-order valence-corrected chi connectivity index (χ2v) is 4.65. The first-order chi connectivity index (χ1) is 8.75. The smallest absolute Gasteiger partial charge is 0.137 e. The third-order valence-electron chi connectivity index (χ3n) is 3.26. The molecule has 2 aromatic rings. The largest absolute Gasteiger partial charge is 0.467 e. The second kappa shape index (κ2) is 4.33. The first-order valence-electron chi connectivity index (χ1n) is 6.12. The highest BCUT2D eigenvalue weighted by molar-refractivity contribution is 5.56. The molecule has 5 heteroatoms. The van der Waals surface area contributed by atoms with Gasteiger partial charge in [0.05, 0.1) is 12.8 Å². The molecule has 3 rings (SSSR count). The maximum Gasteiger partial charge on any atom is 0.137 e. The van der Waals surface area contributed by atoms with Crippen LogP contribution in [0.1, 0.15) is 24.2 Å². The molecule has 0 bridgehead atoms. The van der Waals surface area contributed by atoms with Crippen molar-refractivity contribution in [2.45, 2.75) is 32.4 Å². The van der Waals surface area contributed by atoms with Gasteiger partial charge in [-0.15, -0.1) is 0 Å². The van der Waals surface area contributed by atoms with Gasteiger partial charge in [-0.3, -0.25) is 0 Å². The number of rotatable bonds is 4. The Morgan fingerprint density at radius 3 is 2.94 bits per heavy atom. The standard InChI is InChI=1S/C13H16N4O/c1-9-12(14)15-8-16-13(9)17(10-4-5-10)7-11-3-2-6-18-11/h2-3,6,8,10H,4-5,7H2,1H3,(H2,14,15,16). The quantitative estimate of drug-likeness (QED) is 0.892. The third kappa shape index (κ3) is 2.03. The van der Waals surface area contributed by atoms with Crippen molar-refractivity contribution in [1.82, 2.24) is 9.97 Å². The van der Waals surface area contributed by atoms with E-state index in [-0.39, 0.29) is 0 Å². The van der Waals surface area contributed by atoms with Crippen LogP contribution in [0.15, 0.2) is 29.1 Å². The van der Waals surface area contributed by atoms with Crippen LogP contribution in [0.5, 0.6) is 0 Å². The summed E-state index contributed by atoms with van der Waals surface area (Å²) in [6.45, 7) is 2.69. The summed E-state index contributed by atoms with van der Waals surface area (Å²) in [5, 5.41) is 0. The molecule has 0 radical (unpaired) electrons. The Labute approximate surface area is 106 Å². The molecule has 0 unspecified atom stereocenters. The molecule has 0 saturated heterocycles. The average molecular weight is 244 g/mol. The SMILES string of the molecule is Cc1c(N)ncnc1N(Cc1ccco1)C1CC1. The number of nitrogens with two attached hydrogens (primary N) is 1. The van der Waals surface area contributed by atoms with Crippen molar-refractivity contribution in [2.24, 2.45) is 0 Å². The Morgan fingerprint density at radius 2 is 2.28 bits per heavy atom. The van der Waals surface area contributed by atoms with Gasteiger partial charge in [0.1, 0.15) is 23.7 Å². The summed E-state index contributed by atoms with van der Waals surface area (Å²) in [5.74, 6) is 2.41. The van der Waals surface area contributed by atoms with Gasteiger partial charge in [0.2, 0.25) is 0 Å². The zero-order valence-electron chi connectivity index (χ0n) is 10.3. The Kier molecular flexibility index (Phi) is 2.66. The number of nitrogens with zero attached hydrogens (tertiary/aromatic N) is 3. The molecule has 2 N–H and O–H groups in total. The lowest BCUT2D eigenvalue weighted by molar-refractivity contribution is 0.500. The molecule has 0 atom stereocenters. The molecule has 0 aromatic carbocycles. The van der Waals surface area contributed by atoms with Crippen LogP contribution in [0.2, 0.25) is 0 Å². The zero-order chi connectivity index (χ0) is 12.5. The molecular weight excluding hydrogens is 228 g/mol. The molecule has 1 aliphatic carbocycles. The molecule has 1 saturated carbocycles. The van der Waals surface area contributed by atoms with Crippen LogP contribution >= 0.6 is 0 Å². The fraction of sp³-hybridized carbons (Fsp3) is 0.385. The van der Waals surface area contributed by atoms with Gasteiger partial charge in [-0.25, -0.2) is 9.97 Å². The monoisotopic (exact) mass is 244 g/mol. The van der Waals surface area contributed by atoms with E-state index >= 15 is 0 Å². The highest BCUT2D eigenvalue weighted by Crippen LogP contribution is 2.34. The van der Waals surface area contributed by atoms with Gasteiger partial charge >= 0.3 is 0 Å². The van der Waals surface area contributed by atoms with E-state index in [9.17, 15) is 0 Å². The van der Waals surface area contributed by atoms with Crippen LogP contribution in [0.3, 0.4) is 0 Å². The van der Waals surface area contributed by atoms with Crippen LogP contribution in [0, 0.1) is 6.92 Å². The Morgan fingerprint density at radius 1 is 1.44 bits per heavy atom. The maximum atomic E-state index is 5.85. The summed E-state index contributed by atoms with van der Waals surface area (Å²) in [5.41, 5.74) is 6.79. The minimum absolute atomic E-state index is 0.545. The maximum absolute atomic E-state index is 5.85. The van der Waals surface area contributed by atoms with Gasteiger partial charge in [0.15, 0.2) is 0 Å². The van der Waals surface area contributed by atoms with Gasteiger partial charge in [0.25, 0.3) is 0 Å². The lowest BCUT2D eigenvalue weighted by atomic mass is 10.2. The number of nitrogen functional groups attached to an aromatic ring is 1. The second-order valence-electron chi connectivity index (χ2n) is 4.65. The first kappa shape index (κ1) is 11.1. The van der Waals surface area contributed by atoms with E-state index in [0.29, 0.717) is 11.9 Å². The van der Waals surface area contributed by atoms with Crippen LogP contribution in [-0.4, -0.2) is 16.0 Å². The van der Waals surface area contributed by atoms with Crippen molar-refractivity contribution in [3.8, 4) is 0 Å². The van der Waals surface area contributed by atoms with E-state index < -0.39 is 0 Å². The summed E-state index contributed by atoms with van der Waals surface area (Å²) in [6, 6.07) is 4.43. The van der Waals surface area contributed by atoms with Crippen molar-refractivity contribution in [3.63, 3.8) is 0 Å². The molecule has 1 fully saturated rings. The molecule has 0 aliphatic heterocycles. The first-order valence-corrected chi connectivity index (χ1v) is 6.12. The lowest BCUT2D eigenvalue weighted by Gasteiger charge is -2.24. The molecule has 2 aromatic heterocycles. The van der Waals surface area contributed by atoms with Gasteiger partial charge in [0, 0.05) is 11.6 Å². The van der Waals surface area contributed by atoms with E-state index in [2.05, 4.69) is 14.9 Å². The normalized spacial score (nSPS) is 14.7. The minimum atomic E-state index is 0.545. The predicted octanol–water partition coefficient (Wildman–Crippen LogP) is 2.13. The van der Waals surface area contributed by atoms with Gasteiger partial charge in [-0.05, 0) is 31.9 Å². The Bertz CT molecular complexity index is 534. The van der Waals surface area contributed by atoms with E-state index in [0.717, 1.165) is 23.7 Å². The molecule has 18 heavy (non-hydrogen) atoms. The fourth-order valence-electron chi connectivity index (χ4n) is 2.08.